The van der Waals surface area contributed by atoms with Crippen LogP contribution >= 0.6 is 22.6 Å². The van der Waals surface area contributed by atoms with Crippen LogP contribution in [0.15, 0.2) is 71.6 Å². The van der Waals surface area contributed by atoms with Crippen LogP contribution in [0.1, 0.15) is 21.5 Å². The molecule has 0 bridgehead atoms. The fourth-order valence-electron chi connectivity index (χ4n) is 2.72. The third kappa shape index (κ3) is 5.76. The van der Waals surface area contributed by atoms with E-state index in [0.717, 1.165) is 15.7 Å². The molecule has 0 saturated heterocycles. The molecular weight excluding hydrogens is 544 g/mol. The van der Waals surface area contributed by atoms with Crippen LogP contribution in [0.5, 0.6) is 0 Å². The first-order valence-electron chi connectivity index (χ1n) is 8.83. The van der Waals surface area contributed by atoms with Crippen molar-refractivity contribution in [3.05, 3.63) is 87.0 Å². The highest BCUT2D eigenvalue weighted by atomic mass is 127. The number of amides is 1. The first-order chi connectivity index (χ1) is 14.5. The molecule has 0 aliphatic heterocycles. The first kappa shape index (κ1) is 23.1. The van der Waals surface area contributed by atoms with Crippen LogP contribution in [-0.2, 0) is 16.2 Å². The van der Waals surface area contributed by atoms with Gasteiger partial charge in [-0.2, -0.15) is 13.2 Å². The van der Waals surface area contributed by atoms with E-state index in [1.54, 1.807) is 31.2 Å². The first-order valence-corrected chi connectivity index (χ1v) is 11.4. The number of hydrogen-bond donors (Lipinski definition) is 2. The molecule has 162 valence electrons. The average molecular weight is 560 g/mol. The van der Waals surface area contributed by atoms with E-state index >= 15 is 0 Å². The summed E-state index contributed by atoms with van der Waals surface area (Å²) in [5, 5.41) is 2.39. The normalized spacial score (nSPS) is 11.8. The van der Waals surface area contributed by atoms with Crippen molar-refractivity contribution in [3.63, 3.8) is 0 Å². The molecule has 31 heavy (non-hydrogen) atoms. The molecule has 2 N–H and O–H groups in total. The van der Waals surface area contributed by atoms with Crippen LogP contribution in [-0.4, -0.2) is 14.3 Å². The maximum Gasteiger partial charge on any atom is 0.416 e. The molecule has 1 amide bonds. The number of carbonyl (C=O) groups excluding carboxylic acids is 1. The maximum atomic E-state index is 12.9. The predicted octanol–water partition coefficient (Wildman–Crippen LogP) is 5.67. The molecular formula is C21H16F3IN2O3S. The lowest BCUT2D eigenvalue weighted by Crippen LogP contribution is -2.17. The topological polar surface area (TPSA) is 75.3 Å². The van der Waals surface area contributed by atoms with E-state index in [-0.39, 0.29) is 16.1 Å². The van der Waals surface area contributed by atoms with Gasteiger partial charge in [0.05, 0.1) is 10.5 Å². The van der Waals surface area contributed by atoms with Crippen molar-refractivity contribution in [1.29, 1.82) is 0 Å². The molecule has 0 spiro atoms. The lowest BCUT2D eigenvalue weighted by Gasteiger charge is -2.13. The Bertz CT molecular complexity index is 1230. The van der Waals surface area contributed by atoms with Crippen LogP contribution < -0.4 is 10.0 Å². The SMILES string of the molecule is Cc1ccc(S(=O)(=O)Nc2ccc(I)cc2)cc1C(=O)Nc1cccc(C(F)(F)F)c1. The molecule has 0 saturated carbocycles. The summed E-state index contributed by atoms with van der Waals surface area (Å²) in [6.45, 7) is 1.60. The Labute approximate surface area is 190 Å². The lowest BCUT2D eigenvalue weighted by molar-refractivity contribution is -0.137. The van der Waals surface area contributed by atoms with Gasteiger partial charge in [-0.3, -0.25) is 9.52 Å². The van der Waals surface area contributed by atoms with Gasteiger partial charge in [0, 0.05) is 20.5 Å². The van der Waals surface area contributed by atoms with Crippen LogP contribution in [0.2, 0.25) is 0 Å². The zero-order valence-corrected chi connectivity index (χ0v) is 19.0. The van der Waals surface area contributed by atoms with E-state index in [1.807, 2.05) is 0 Å². The summed E-state index contributed by atoms with van der Waals surface area (Å²) in [7, 11) is -3.98. The smallest absolute Gasteiger partial charge is 0.322 e. The molecule has 0 unspecified atom stereocenters. The number of sulfonamides is 1. The van der Waals surface area contributed by atoms with E-state index in [1.165, 1.54) is 30.3 Å². The Balaban J connectivity index is 1.86. The van der Waals surface area contributed by atoms with E-state index in [0.29, 0.717) is 11.3 Å². The third-order valence-corrected chi connectivity index (χ3v) is 6.41. The van der Waals surface area contributed by atoms with Crippen molar-refractivity contribution in [2.24, 2.45) is 0 Å². The van der Waals surface area contributed by atoms with Gasteiger partial charge < -0.3 is 5.32 Å². The molecule has 10 heteroatoms. The zero-order valence-electron chi connectivity index (χ0n) is 16.0. The van der Waals surface area contributed by atoms with Gasteiger partial charge in [-0.1, -0.05) is 12.1 Å². The molecule has 0 radical (unpaired) electrons. The van der Waals surface area contributed by atoms with Gasteiger partial charge in [-0.05, 0) is 89.7 Å². The van der Waals surface area contributed by atoms with Crippen molar-refractivity contribution in [2.45, 2.75) is 18.0 Å². The fraction of sp³-hybridized carbons (Fsp3) is 0.0952. The average Bonchev–Trinajstić information content (AvgIpc) is 2.69. The summed E-state index contributed by atoms with van der Waals surface area (Å²) < 4.78 is 67.5. The largest absolute Gasteiger partial charge is 0.416 e. The number of carbonyl (C=O) groups is 1. The second-order valence-electron chi connectivity index (χ2n) is 6.62. The summed E-state index contributed by atoms with van der Waals surface area (Å²) in [6.07, 6.45) is -4.55. The minimum absolute atomic E-state index is 0.0305. The van der Waals surface area contributed by atoms with Gasteiger partial charge >= 0.3 is 6.18 Å². The van der Waals surface area contributed by atoms with Crippen LogP contribution in [0, 0.1) is 10.5 Å². The van der Waals surface area contributed by atoms with Crippen LogP contribution in [0.3, 0.4) is 0 Å². The Morgan fingerprint density at radius 2 is 1.61 bits per heavy atom. The molecule has 0 aliphatic rings. The van der Waals surface area contributed by atoms with Gasteiger partial charge in [0.15, 0.2) is 0 Å². The minimum Gasteiger partial charge on any atom is -0.322 e. The number of aryl methyl sites for hydroxylation is 1. The molecule has 0 aromatic heterocycles. The van der Waals surface area contributed by atoms with E-state index < -0.39 is 27.7 Å². The van der Waals surface area contributed by atoms with Gasteiger partial charge in [0.25, 0.3) is 15.9 Å². The highest BCUT2D eigenvalue weighted by Crippen LogP contribution is 2.31. The summed E-state index contributed by atoms with van der Waals surface area (Å²) >= 11 is 2.09. The molecule has 3 rings (SSSR count). The van der Waals surface area contributed by atoms with Crippen molar-refractivity contribution in [2.75, 3.05) is 10.0 Å². The summed E-state index contributed by atoms with van der Waals surface area (Å²) in [6, 6.07) is 14.9. The molecule has 0 fully saturated rings. The third-order valence-electron chi connectivity index (χ3n) is 4.31. The van der Waals surface area contributed by atoms with Crippen molar-refractivity contribution in [3.8, 4) is 0 Å². The number of alkyl halides is 3. The Morgan fingerprint density at radius 3 is 2.26 bits per heavy atom. The van der Waals surface area contributed by atoms with Gasteiger partial charge in [-0.15, -0.1) is 0 Å². The van der Waals surface area contributed by atoms with Gasteiger partial charge in [0.2, 0.25) is 0 Å². The Hall–Kier alpha value is -2.60. The number of benzene rings is 3. The molecule has 5 nitrogen and oxygen atoms in total. The summed E-state index contributed by atoms with van der Waals surface area (Å²) in [4.78, 5) is 12.5. The van der Waals surface area contributed by atoms with E-state index in [4.69, 9.17) is 0 Å². The number of halogens is 4. The molecule has 3 aromatic carbocycles. The lowest BCUT2D eigenvalue weighted by atomic mass is 10.1. The maximum absolute atomic E-state index is 12.9. The van der Waals surface area contributed by atoms with Crippen molar-refractivity contribution in [1.82, 2.24) is 0 Å². The van der Waals surface area contributed by atoms with Gasteiger partial charge in [-0.25, -0.2) is 8.42 Å². The standard InChI is InChI=1S/C21H16F3IN2O3S/c1-13-5-10-18(31(29,30)27-16-8-6-15(25)7-9-16)12-19(13)20(28)26-17-4-2-3-14(11-17)21(22,23)24/h2-12,27H,1H3,(H,26,28). The number of anilines is 2. The number of rotatable bonds is 5. The predicted molar refractivity (Wildman–Crippen MR) is 121 cm³/mol. The fourth-order valence-corrected chi connectivity index (χ4v) is 4.16. The van der Waals surface area contributed by atoms with Crippen LogP contribution in [0.25, 0.3) is 0 Å². The molecule has 0 aliphatic carbocycles. The molecule has 3 aromatic rings. The summed E-state index contributed by atoms with van der Waals surface area (Å²) in [5.74, 6) is -0.719. The minimum atomic E-state index is -4.55. The number of nitrogens with one attached hydrogen (secondary N) is 2. The Kier molecular flexibility index (Phi) is 6.60. The summed E-state index contributed by atoms with van der Waals surface area (Å²) in [5.41, 5.74) is -0.0962. The Morgan fingerprint density at radius 1 is 0.935 bits per heavy atom. The van der Waals surface area contributed by atoms with E-state index in [9.17, 15) is 26.4 Å². The number of hydrogen-bond acceptors (Lipinski definition) is 3. The second kappa shape index (κ2) is 8.87. The highest BCUT2D eigenvalue weighted by molar-refractivity contribution is 14.1. The molecule has 0 atom stereocenters. The monoisotopic (exact) mass is 560 g/mol. The van der Waals surface area contributed by atoms with Crippen LogP contribution in [0.4, 0.5) is 24.5 Å². The van der Waals surface area contributed by atoms with E-state index in [2.05, 4.69) is 32.6 Å². The second-order valence-corrected chi connectivity index (χ2v) is 9.55. The quantitative estimate of drug-likeness (QED) is 0.395. The van der Waals surface area contributed by atoms with Crippen molar-refractivity contribution < 1.29 is 26.4 Å². The van der Waals surface area contributed by atoms with Crippen molar-refractivity contribution >= 4 is 49.9 Å². The molecule has 0 heterocycles. The van der Waals surface area contributed by atoms with Gasteiger partial charge in [0.1, 0.15) is 0 Å². The highest BCUT2D eigenvalue weighted by Gasteiger charge is 2.30. The zero-order chi connectivity index (χ0) is 22.8.